The van der Waals surface area contributed by atoms with Crippen LogP contribution in [0.25, 0.3) is 87.7 Å². The smallest absolute Gasteiger partial charge is 0.244 e. The highest BCUT2D eigenvalue weighted by Gasteiger charge is 2.39. The molecular weight excluding hydrogens is 499 g/mol. The van der Waals surface area contributed by atoms with Gasteiger partial charge in [-0.2, -0.15) is 0 Å². The Kier molecular flexibility index (Phi) is 3.46. The maximum absolute atomic E-state index is 6.53. The van der Waals surface area contributed by atoms with Crippen LogP contribution >= 0.6 is 0 Å². The Morgan fingerprint density at radius 1 is 0.366 bits per heavy atom. The highest BCUT2D eigenvalue weighted by molar-refractivity contribution is 7.01. The molecule has 0 spiro atoms. The maximum atomic E-state index is 6.53. The van der Waals surface area contributed by atoms with Gasteiger partial charge in [-0.3, -0.25) is 0 Å². The zero-order valence-electron chi connectivity index (χ0n) is 21.9. The Morgan fingerprint density at radius 3 is 1.34 bits per heavy atom. The third kappa shape index (κ3) is 2.32. The van der Waals surface area contributed by atoms with Crippen LogP contribution < -0.4 is 16.4 Å². The van der Waals surface area contributed by atoms with Gasteiger partial charge in [-0.25, -0.2) is 0 Å². The number of fused-ring (bicyclic) bond motifs is 12. The highest BCUT2D eigenvalue weighted by atomic mass is 16.3. The Balaban J connectivity index is 1.38. The Hall–Kier alpha value is -5.28. The quantitative estimate of drug-likeness (QED) is 0.189. The van der Waals surface area contributed by atoms with Gasteiger partial charge in [0.25, 0.3) is 0 Å². The van der Waals surface area contributed by atoms with E-state index in [1.54, 1.807) is 0 Å². The summed E-state index contributed by atoms with van der Waals surface area (Å²) in [4.78, 5) is 0. The van der Waals surface area contributed by atoms with Gasteiger partial charge in [0.05, 0.1) is 0 Å². The second-order valence-corrected chi connectivity index (χ2v) is 11.5. The molecule has 0 unspecified atom stereocenters. The largest absolute Gasteiger partial charge is 0.456 e. The van der Waals surface area contributed by atoms with Crippen LogP contribution in [-0.4, -0.2) is 6.71 Å². The first-order valence-electron chi connectivity index (χ1n) is 14.2. The van der Waals surface area contributed by atoms with E-state index in [4.69, 9.17) is 8.83 Å². The summed E-state index contributed by atoms with van der Waals surface area (Å²) in [7, 11) is 0. The average Bonchev–Trinajstić information content (AvgIpc) is 3.59. The Morgan fingerprint density at radius 2 is 0.805 bits per heavy atom. The first kappa shape index (κ1) is 20.6. The molecular formula is C38H19BO2. The fourth-order valence-corrected chi connectivity index (χ4v) is 8.19. The van der Waals surface area contributed by atoms with E-state index in [-0.39, 0.29) is 6.71 Å². The normalized spacial score (nSPS) is 13.3. The van der Waals surface area contributed by atoms with Crippen molar-refractivity contribution in [2.24, 2.45) is 0 Å². The van der Waals surface area contributed by atoms with Crippen molar-refractivity contribution in [1.29, 1.82) is 0 Å². The molecule has 7 aromatic carbocycles. The monoisotopic (exact) mass is 518 g/mol. The van der Waals surface area contributed by atoms with Crippen molar-refractivity contribution in [3.8, 4) is 22.3 Å². The molecule has 41 heavy (non-hydrogen) atoms. The van der Waals surface area contributed by atoms with Crippen molar-refractivity contribution in [1.82, 2.24) is 0 Å². The van der Waals surface area contributed by atoms with Gasteiger partial charge in [-0.05, 0) is 68.1 Å². The van der Waals surface area contributed by atoms with Crippen LogP contribution in [0.5, 0.6) is 0 Å². The van der Waals surface area contributed by atoms with Gasteiger partial charge in [0.2, 0.25) is 6.71 Å². The molecule has 0 amide bonds. The Bertz CT molecular complexity index is 2470. The number of hydrogen-bond donors (Lipinski definition) is 0. The van der Waals surface area contributed by atoms with Crippen molar-refractivity contribution in [2.75, 3.05) is 0 Å². The minimum absolute atomic E-state index is 0.0752. The second-order valence-electron chi connectivity index (χ2n) is 11.5. The van der Waals surface area contributed by atoms with E-state index in [2.05, 4.69) is 115 Å². The van der Waals surface area contributed by atoms with Gasteiger partial charge in [-0.1, -0.05) is 107 Å². The van der Waals surface area contributed by atoms with E-state index < -0.39 is 0 Å². The van der Waals surface area contributed by atoms with Gasteiger partial charge in [-0.15, -0.1) is 0 Å². The van der Waals surface area contributed by atoms with Gasteiger partial charge in [0.1, 0.15) is 22.3 Å². The summed E-state index contributed by atoms with van der Waals surface area (Å²) >= 11 is 0. The topological polar surface area (TPSA) is 26.3 Å². The predicted octanol–water partition coefficient (Wildman–Crippen LogP) is 8.27. The fraction of sp³-hybridized carbons (Fsp3) is 0. The minimum Gasteiger partial charge on any atom is -0.456 e. The van der Waals surface area contributed by atoms with E-state index in [1.165, 1.54) is 81.7 Å². The van der Waals surface area contributed by atoms with E-state index in [0.29, 0.717) is 0 Å². The van der Waals surface area contributed by atoms with Crippen molar-refractivity contribution in [3.05, 3.63) is 115 Å². The number of benzene rings is 7. The molecule has 0 bridgehead atoms. The van der Waals surface area contributed by atoms with Crippen LogP contribution in [0.15, 0.2) is 124 Å². The zero-order valence-corrected chi connectivity index (χ0v) is 21.9. The van der Waals surface area contributed by atoms with Gasteiger partial charge in [0, 0.05) is 21.5 Å². The van der Waals surface area contributed by atoms with Crippen LogP contribution in [0.4, 0.5) is 0 Å². The highest BCUT2D eigenvalue weighted by Crippen LogP contribution is 2.44. The summed E-state index contributed by atoms with van der Waals surface area (Å²) in [6.07, 6.45) is 0. The molecule has 9 aromatic rings. The van der Waals surface area contributed by atoms with Crippen molar-refractivity contribution < 1.29 is 8.83 Å². The third-order valence-corrected chi connectivity index (χ3v) is 9.66. The molecule has 2 aliphatic rings. The molecule has 11 rings (SSSR count). The molecule has 2 nitrogen and oxygen atoms in total. The standard InChI is InChI=1S/C38H19BO2/c1-3-16-30-24(8-1)36-26-14-5-10-20-22-12-7-13-23-21-11-6-15-27-35(21)29(19-33-37(27)25-9-2-4-17-31(25)41-33)39(38(22)23)28(34(20)26)18-32(36)40-30/h1-19H. The summed E-state index contributed by atoms with van der Waals surface area (Å²) in [5.41, 5.74) is 13.0. The molecule has 0 saturated carbocycles. The van der Waals surface area contributed by atoms with Crippen molar-refractivity contribution in [3.63, 3.8) is 0 Å². The summed E-state index contributed by atoms with van der Waals surface area (Å²) in [5.74, 6) is 0. The molecule has 0 N–H and O–H groups in total. The summed E-state index contributed by atoms with van der Waals surface area (Å²) in [5, 5.41) is 9.94. The van der Waals surface area contributed by atoms with Crippen molar-refractivity contribution in [2.45, 2.75) is 0 Å². The van der Waals surface area contributed by atoms with Crippen LogP contribution in [0.3, 0.4) is 0 Å². The molecule has 0 radical (unpaired) electrons. The fourth-order valence-electron chi connectivity index (χ4n) is 8.19. The maximum Gasteiger partial charge on any atom is 0.244 e. The lowest BCUT2D eigenvalue weighted by Gasteiger charge is -2.34. The number of para-hydroxylation sites is 2. The lowest BCUT2D eigenvalue weighted by molar-refractivity contribution is 0.669. The molecule has 186 valence electrons. The Labute approximate surface area is 234 Å². The first-order chi connectivity index (χ1) is 20.3. The van der Waals surface area contributed by atoms with Gasteiger partial charge < -0.3 is 8.83 Å². The van der Waals surface area contributed by atoms with Crippen molar-refractivity contribution >= 4 is 88.5 Å². The minimum atomic E-state index is 0.0752. The van der Waals surface area contributed by atoms with E-state index >= 15 is 0 Å². The van der Waals surface area contributed by atoms with Gasteiger partial charge in [0.15, 0.2) is 0 Å². The van der Waals surface area contributed by atoms with E-state index in [1.807, 2.05) is 0 Å². The van der Waals surface area contributed by atoms with E-state index in [9.17, 15) is 0 Å². The van der Waals surface area contributed by atoms with Crippen LogP contribution in [0.1, 0.15) is 0 Å². The van der Waals surface area contributed by atoms with Gasteiger partial charge >= 0.3 is 0 Å². The number of furan rings is 2. The molecule has 0 atom stereocenters. The molecule has 2 aliphatic heterocycles. The lowest BCUT2D eigenvalue weighted by atomic mass is 9.31. The third-order valence-electron chi connectivity index (χ3n) is 9.66. The van der Waals surface area contributed by atoms with Crippen LogP contribution in [0.2, 0.25) is 0 Å². The lowest BCUT2D eigenvalue weighted by Crippen LogP contribution is -2.57. The molecule has 3 heteroatoms. The summed E-state index contributed by atoms with van der Waals surface area (Å²) in [6, 6.07) is 41.9. The number of hydrogen-bond acceptors (Lipinski definition) is 2. The van der Waals surface area contributed by atoms with Crippen LogP contribution in [-0.2, 0) is 0 Å². The van der Waals surface area contributed by atoms with E-state index in [0.717, 1.165) is 22.3 Å². The molecule has 0 fully saturated rings. The average molecular weight is 518 g/mol. The molecule has 2 aromatic heterocycles. The summed E-state index contributed by atoms with van der Waals surface area (Å²) in [6.45, 7) is 0.0752. The molecule has 0 saturated heterocycles. The van der Waals surface area contributed by atoms with Crippen LogP contribution in [0, 0.1) is 0 Å². The number of rotatable bonds is 0. The molecule has 4 heterocycles. The molecule has 0 aliphatic carbocycles. The zero-order chi connectivity index (χ0) is 26.4. The first-order valence-corrected chi connectivity index (χ1v) is 14.2. The predicted molar refractivity (Wildman–Crippen MR) is 172 cm³/mol. The SMILES string of the molecule is c1cc2c3c(c1)-c1cccc4c1c(cc1oc5ccccc5c14)B3c1cc3oc4ccccc4c3c3cccc-2c13. The summed E-state index contributed by atoms with van der Waals surface area (Å²) < 4.78 is 13.1. The second kappa shape index (κ2) is 6.89.